The van der Waals surface area contributed by atoms with Crippen molar-refractivity contribution < 1.29 is 4.79 Å². The Labute approximate surface area is 218 Å². The summed E-state index contributed by atoms with van der Waals surface area (Å²) in [7, 11) is 0. The van der Waals surface area contributed by atoms with Crippen molar-refractivity contribution in [2.45, 2.75) is 90.9 Å². The molecule has 2 aromatic rings. The third-order valence-electron chi connectivity index (χ3n) is 8.73. The molecule has 0 N–H and O–H groups in total. The second-order valence-electron chi connectivity index (χ2n) is 10.9. The van der Waals surface area contributed by atoms with Gasteiger partial charge in [0.25, 0.3) is 0 Å². The Morgan fingerprint density at radius 1 is 0.694 bits per heavy atom. The zero-order chi connectivity index (χ0) is 25.9. The summed E-state index contributed by atoms with van der Waals surface area (Å²) >= 11 is 0. The molecule has 36 heavy (non-hydrogen) atoms. The number of para-hydroxylation sites is 2. The minimum Gasteiger partial charge on any atom is -0.344 e. The van der Waals surface area contributed by atoms with Gasteiger partial charge in [0, 0.05) is 58.8 Å². The third kappa shape index (κ3) is 4.31. The fourth-order valence-corrected chi connectivity index (χ4v) is 6.13. The highest BCUT2D eigenvalue weighted by atomic mass is 16.1. The molecular weight excluding hydrogens is 440 g/mol. The highest BCUT2D eigenvalue weighted by molar-refractivity contribution is 6.02. The average Bonchev–Trinajstić information content (AvgIpc) is 3.28. The SMILES string of the molecule is CCCCN1C(=CC(=O)C=C2N(CCCC)c3ccccc3C2(C)CC)C(C)(CC)c2ccccc21. The first-order valence-electron chi connectivity index (χ1n) is 14.1. The second-order valence-corrected chi connectivity index (χ2v) is 10.9. The van der Waals surface area contributed by atoms with Crippen LogP contribution >= 0.6 is 0 Å². The first kappa shape index (κ1) is 26.3. The van der Waals surface area contributed by atoms with E-state index in [0.29, 0.717) is 0 Å². The number of ketones is 1. The molecule has 2 atom stereocenters. The van der Waals surface area contributed by atoms with Gasteiger partial charge >= 0.3 is 0 Å². The standard InChI is InChI=1S/C33H44N2O/c1-7-11-21-34-28-19-15-13-17-26(28)32(5,9-3)30(34)23-25(36)24-31-33(6,10-4)27-18-14-16-20-29(27)35(31)22-12-8-2/h13-20,23-24H,7-12,21-22H2,1-6H3. The molecule has 0 radical (unpaired) electrons. The molecule has 3 heteroatoms. The number of benzene rings is 2. The predicted octanol–water partition coefficient (Wildman–Crippen LogP) is 8.30. The molecule has 0 spiro atoms. The number of carbonyl (C=O) groups excluding carboxylic acids is 1. The minimum atomic E-state index is -0.160. The molecule has 2 heterocycles. The number of hydrogen-bond donors (Lipinski definition) is 0. The second kappa shape index (κ2) is 10.7. The third-order valence-corrected chi connectivity index (χ3v) is 8.73. The molecule has 2 aliphatic heterocycles. The Kier molecular flexibility index (Phi) is 7.78. The van der Waals surface area contributed by atoms with Crippen LogP contribution in [-0.4, -0.2) is 18.9 Å². The molecule has 2 aromatic carbocycles. The quantitative estimate of drug-likeness (QED) is 0.317. The zero-order valence-corrected chi connectivity index (χ0v) is 23.2. The van der Waals surface area contributed by atoms with Crippen LogP contribution in [0.15, 0.2) is 72.1 Å². The van der Waals surface area contributed by atoms with Gasteiger partial charge in [-0.25, -0.2) is 0 Å². The van der Waals surface area contributed by atoms with E-state index in [2.05, 4.69) is 99.9 Å². The molecule has 2 unspecified atom stereocenters. The van der Waals surface area contributed by atoms with Crippen LogP contribution in [0.25, 0.3) is 0 Å². The molecule has 0 saturated heterocycles. The van der Waals surface area contributed by atoms with Crippen LogP contribution < -0.4 is 9.80 Å². The van der Waals surface area contributed by atoms with Crippen LogP contribution in [0.5, 0.6) is 0 Å². The summed E-state index contributed by atoms with van der Waals surface area (Å²) in [6, 6.07) is 17.4. The molecule has 0 aliphatic carbocycles. The van der Waals surface area contributed by atoms with Gasteiger partial charge in [0.2, 0.25) is 0 Å². The lowest BCUT2D eigenvalue weighted by molar-refractivity contribution is -0.110. The van der Waals surface area contributed by atoms with Crippen LogP contribution in [0.4, 0.5) is 11.4 Å². The molecule has 0 fully saturated rings. The van der Waals surface area contributed by atoms with Gasteiger partial charge in [-0.3, -0.25) is 4.79 Å². The van der Waals surface area contributed by atoms with Crippen molar-refractivity contribution in [2.75, 3.05) is 22.9 Å². The summed E-state index contributed by atoms with van der Waals surface area (Å²) < 4.78 is 0. The van der Waals surface area contributed by atoms with Crippen molar-refractivity contribution in [3.05, 3.63) is 83.2 Å². The number of hydrogen-bond acceptors (Lipinski definition) is 3. The molecular formula is C33H44N2O. The number of fused-ring (bicyclic) bond motifs is 2. The zero-order valence-electron chi connectivity index (χ0n) is 23.2. The summed E-state index contributed by atoms with van der Waals surface area (Å²) in [6.45, 7) is 15.4. The van der Waals surface area contributed by atoms with Crippen molar-refractivity contribution in [3.8, 4) is 0 Å². The number of unbranched alkanes of at least 4 members (excludes halogenated alkanes) is 2. The Morgan fingerprint density at radius 3 is 1.44 bits per heavy atom. The molecule has 192 valence electrons. The molecule has 3 nitrogen and oxygen atoms in total. The largest absolute Gasteiger partial charge is 0.344 e. The van der Waals surface area contributed by atoms with E-state index >= 15 is 0 Å². The van der Waals surface area contributed by atoms with Crippen molar-refractivity contribution in [3.63, 3.8) is 0 Å². The van der Waals surface area contributed by atoms with Crippen LogP contribution in [0.3, 0.4) is 0 Å². The highest BCUT2D eigenvalue weighted by Crippen LogP contribution is 2.51. The van der Waals surface area contributed by atoms with Crippen LogP contribution in [0, 0.1) is 0 Å². The predicted molar refractivity (Wildman–Crippen MR) is 154 cm³/mol. The van der Waals surface area contributed by atoms with E-state index < -0.39 is 0 Å². The van der Waals surface area contributed by atoms with Gasteiger partial charge in [-0.15, -0.1) is 0 Å². The topological polar surface area (TPSA) is 23.6 Å². The van der Waals surface area contributed by atoms with Crippen molar-refractivity contribution in [1.82, 2.24) is 0 Å². The van der Waals surface area contributed by atoms with Crippen molar-refractivity contribution >= 4 is 17.2 Å². The van der Waals surface area contributed by atoms with E-state index in [1.54, 1.807) is 0 Å². The fourth-order valence-electron chi connectivity index (χ4n) is 6.13. The maximum Gasteiger partial charge on any atom is 0.182 e. The first-order chi connectivity index (χ1) is 17.4. The Morgan fingerprint density at radius 2 is 1.08 bits per heavy atom. The van der Waals surface area contributed by atoms with E-state index in [4.69, 9.17) is 0 Å². The van der Waals surface area contributed by atoms with E-state index in [-0.39, 0.29) is 16.6 Å². The van der Waals surface area contributed by atoms with E-state index in [1.807, 2.05) is 12.2 Å². The summed E-state index contributed by atoms with van der Waals surface area (Å²) in [4.78, 5) is 18.7. The molecule has 0 aromatic heterocycles. The van der Waals surface area contributed by atoms with Crippen LogP contribution in [0.1, 0.15) is 91.2 Å². The Balaban J connectivity index is 1.79. The van der Waals surface area contributed by atoms with E-state index in [0.717, 1.165) is 63.0 Å². The maximum atomic E-state index is 13.9. The van der Waals surface area contributed by atoms with Gasteiger partial charge in [-0.05, 0) is 62.8 Å². The summed E-state index contributed by atoms with van der Waals surface area (Å²) in [5, 5.41) is 0. The highest BCUT2D eigenvalue weighted by Gasteiger charge is 2.44. The van der Waals surface area contributed by atoms with E-state index in [1.165, 1.54) is 22.5 Å². The Hall–Kier alpha value is -2.81. The number of nitrogens with zero attached hydrogens (tertiary/aromatic N) is 2. The lowest BCUT2D eigenvalue weighted by atomic mass is 9.78. The number of anilines is 2. The number of carbonyl (C=O) groups is 1. The molecule has 0 saturated carbocycles. The maximum absolute atomic E-state index is 13.9. The summed E-state index contributed by atoms with van der Waals surface area (Å²) in [5.41, 5.74) is 7.18. The van der Waals surface area contributed by atoms with Gasteiger partial charge in [0.05, 0.1) is 0 Å². The molecule has 0 amide bonds. The van der Waals surface area contributed by atoms with Crippen LogP contribution in [-0.2, 0) is 15.6 Å². The van der Waals surface area contributed by atoms with Gasteiger partial charge in [-0.2, -0.15) is 0 Å². The normalized spacial score (nSPS) is 25.1. The molecule has 2 aliphatic rings. The summed E-state index contributed by atoms with van der Waals surface area (Å²) in [5.74, 6) is 0.1000. The Bertz CT molecular complexity index is 1070. The first-order valence-corrected chi connectivity index (χ1v) is 14.1. The van der Waals surface area contributed by atoms with E-state index in [9.17, 15) is 4.79 Å². The van der Waals surface area contributed by atoms with Gasteiger partial charge < -0.3 is 9.80 Å². The monoisotopic (exact) mass is 484 g/mol. The molecule has 0 bridgehead atoms. The fraction of sp³-hybridized carbons (Fsp3) is 0.485. The lowest BCUT2D eigenvalue weighted by Gasteiger charge is -2.30. The molecule has 4 rings (SSSR count). The minimum absolute atomic E-state index is 0.1000. The lowest BCUT2D eigenvalue weighted by Crippen LogP contribution is -2.31. The van der Waals surface area contributed by atoms with Crippen molar-refractivity contribution in [2.24, 2.45) is 0 Å². The number of allylic oxidation sites excluding steroid dienone is 4. The van der Waals surface area contributed by atoms with Crippen molar-refractivity contribution in [1.29, 1.82) is 0 Å². The van der Waals surface area contributed by atoms with Gasteiger partial charge in [0.15, 0.2) is 5.78 Å². The average molecular weight is 485 g/mol. The summed E-state index contributed by atoms with van der Waals surface area (Å²) in [6.07, 6.45) is 10.3. The van der Waals surface area contributed by atoms with Gasteiger partial charge in [0.1, 0.15) is 0 Å². The smallest absolute Gasteiger partial charge is 0.182 e. The van der Waals surface area contributed by atoms with Crippen LogP contribution in [0.2, 0.25) is 0 Å². The number of rotatable bonds is 10. The van der Waals surface area contributed by atoms with Gasteiger partial charge in [-0.1, -0.05) is 76.9 Å².